The van der Waals surface area contributed by atoms with Crippen molar-refractivity contribution in [1.82, 2.24) is 9.78 Å². The van der Waals surface area contributed by atoms with Crippen LogP contribution in [0.25, 0.3) is 11.8 Å². The first-order valence-electron chi connectivity index (χ1n) is 9.35. The molecule has 1 aromatic heterocycles. The summed E-state index contributed by atoms with van der Waals surface area (Å²) in [6.45, 7) is 7.86. The number of nitrogens with zero attached hydrogens (tertiary/aromatic N) is 4. The van der Waals surface area contributed by atoms with Crippen molar-refractivity contribution >= 4 is 35.0 Å². The standard InChI is InChI=1S/C23H21ClN4O/c1-14-5-9-19(10-6-14)27-17(4)21(15(2)25-27)13-22-16(3)26-28(23(22)29)20-11-7-18(24)8-12-20/h5-13H,1-4H3/b22-13+. The van der Waals surface area contributed by atoms with Crippen LogP contribution >= 0.6 is 11.6 Å². The number of aryl methyl sites for hydroxylation is 2. The van der Waals surface area contributed by atoms with Crippen molar-refractivity contribution in [3.8, 4) is 5.69 Å². The molecule has 1 aliphatic rings. The molecule has 0 unspecified atom stereocenters. The van der Waals surface area contributed by atoms with Crippen LogP contribution in [0.3, 0.4) is 0 Å². The summed E-state index contributed by atoms with van der Waals surface area (Å²) >= 11 is 5.96. The molecule has 0 N–H and O–H groups in total. The minimum Gasteiger partial charge on any atom is -0.267 e. The second-order valence-corrected chi connectivity index (χ2v) is 7.61. The van der Waals surface area contributed by atoms with E-state index < -0.39 is 0 Å². The van der Waals surface area contributed by atoms with E-state index in [2.05, 4.69) is 29.3 Å². The van der Waals surface area contributed by atoms with Crippen LogP contribution in [0.4, 0.5) is 5.69 Å². The van der Waals surface area contributed by atoms with Crippen molar-refractivity contribution in [2.24, 2.45) is 5.10 Å². The van der Waals surface area contributed by atoms with E-state index in [0.29, 0.717) is 22.0 Å². The Balaban J connectivity index is 1.71. The van der Waals surface area contributed by atoms with Crippen LogP contribution in [0, 0.1) is 20.8 Å². The maximum absolute atomic E-state index is 13.0. The molecular formula is C23H21ClN4O. The van der Waals surface area contributed by atoms with Crippen LogP contribution in [0.1, 0.15) is 29.4 Å². The van der Waals surface area contributed by atoms with Gasteiger partial charge < -0.3 is 0 Å². The van der Waals surface area contributed by atoms with Crippen molar-refractivity contribution < 1.29 is 4.79 Å². The number of rotatable bonds is 3. The van der Waals surface area contributed by atoms with Crippen LogP contribution in [0.5, 0.6) is 0 Å². The highest BCUT2D eigenvalue weighted by atomic mass is 35.5. The minimum atomic E-state index is -0.160. The van der Waals surface area contributed by atoms with Gasteiger partial charge in [-0.3, -0.25) is 4.79 Å². The number of benzene rings is 2. The van der Waals surface area contributed by atoms with E-state index in [0.717, 1.165) is 22.6 Å². The summed E-state index contributed by atoms with van der Waals surface area (Å²) in [6.07, 6.45) is 1.89. The number of amides is 1. The maximum Gasteiger partial charge on any atom is 0.280 e. The zero-order chi connectivity index (χ0) is 20.7. The van der Waals surface area contributed by atoms with Gasteiger partial charge in [0.1, 0.15) is 0 Å². The van der Waals surface area contributed by atoms with Crippen LogP contribution in [0.15, 0.2) is 59.2 Å². The largest absolute Gasteiger partial charge is 0.280 e. The third-order valence-electron chi connectivity index (χ3n) is 5.05. The zero-order valence-electron chi connectivity index (χ0n) is 16.8. The molecule has 29 heavy (non-hydrogen) atoms. The predicted octanol–water partition coefficient (Wildman–Crippen LogP) is 5.26. The molecule has 0 saturated carbocycles. The lowest BCUT2D eigenvalue weighted by molar-refractivity contribution is -0.114. The average Bonchev–Trinajstić information content (AvgIpc) is 3.14. The first-order valence-corrected chi connectivity index (χ1v) is 9.73. The molecule has 0 fully saturated rings. The van der Waals surface area contributed by atoms with Crippen LogP contribution in [-0.4, -0.2) is 21.4 Å². The molecule has 0 atom stereocenters. The van der Waals surface area contributed by atoms with Gasteiger partial charge in [-0.2, -0.15) is 15.2 Å². The normalized spacial score (nSPS) is 15.3. The second-order valence-electron chi connectivity index (χ2n) is 7.17. The molecular weight excluding hydrogens is 384 g/mol. The van der Waals surface area contributed by atoms with Gasteiger partial charge in [0.05, 0.1) is 28.4 Å². The topological polar surface area (TPSA) is 50.5 Å². The summed E-state index contributed by atoms with van der Waals surface area (Å²) in [5.41, 5.74) is 6.88. The number of aromatic nitrogens is 2. The molecule has 6 heteroatoms. The quantitative estimate of drug-likeness (QED) is 0.559. The molecule has 0 bridgehead atoms. The molecule has 0 saturated heterocycles. The molecule has 0 spiro atoms. The predicted molar refractivity (Wildman–Crippen MR) is 118 cm³/mol. The summed E-state index contributed by atoms with van der Waals surface area (Å²) in [5, 5.41) is 11.2. The Labute approximate surface area is 174 Å². The van der Waals surface area contributed by atoms with Crippen LogP contribution < -0.4 is 5.01 Å². The highest BCUT2D eigenvalue weighted by Gasteiger charge is 2.29. The SMILES string of the molecule is CC1=NN(c2ccc(Cl)cc2)C(=O)/C1=C/c1c(C)nn(-c2ccc(C)cc2)c1C. The van der Waals surface area contributed by atoms with Gasteiger partial charge >= 0.3 is 0 Å². The number of hydrogen-bond donors (Lipinski definition) is 0. The van der Waals surface area contributed by atoms with E-state index in [1.54, 1.807) is 24.3 Å². The monoisotopic (exact) mass is 404 g/mol. The molecule has 4 rings (SSSR count). The number of carbonyl (C=O) groups excluding carboxylic acids is 1. The van der Waals surface area contributed by atoms with Crippen LogP contribution in [-0.2, 0) is 4.79 Å². The molecule has 0 aliphatic carbocycles. The Morgan fingerprint density at radius 3 is 2.17 bits per heavy atom. The van der Waals surface area contributed by atoms with Gasteiger partial charge in [0.2, 0.25) is 0 Å². The van der Waals surface area contributed by atoms with Crippen LogP contribution in [0.2, 0.25) is 5.02 Å². The Hall–Kier alpha value is -3.18. The van der Waals surface area contributed by atoms with Gasteiger partial charge in [0.15, 0.2) is 0 Å². The molecule has 2 aromatic carbocycles. The molecule has 3 aromatic rings. The number of anilines is 1. The summed E-state index contributed by atoms with van der Waals surface area (Å²) in [5.74, 6) is -0.160. The fourth-order valence-corrected chi connectivity index (χ4v) is 3.51. The molecule has 146 valence electrons. The molecule has 1 amide bonds. The average molecular weight is 405 g/mol. The van der Waals surface area contributed by atoms with Gasteiger partial charge in [0.25, 0.3) is 5.91 Å². The van der Waals surface area contributed by atoms with E-state index in [1.807, 2.05) is 43.7 Å². The second kappa shape index (κ2) is 7.33. The summed E-state index contributed by atoms with van der Waals surface area (Å²) in [6, 6.07) is 15.3. The zero-order valence-corrected chi connectivity index (χ0v) is 17.5. The molecule has 0 radical (unpaired) electrons. The number of carbonyl (C=O) groups is 1. The summed E-state index contributed by atoms with van der Waals surface area (Å²) in [7, 11) is 0. The van der Waals surface area contributed by atoms with Gasteiger partial charge in [-0.15, -0.1) is 0 Å². The highest BCUT2D eigenvalue weighted by molar-refractivity contribution is 6.32. The first-order chi connectivity index (χ1) is 13.8. The number of hydrazone groups is 1. The highest BCUT2D eigenvalue weighted by Crippen LogP contribution is 2.28. The fraction of sp³-hybridized carbons (Fsp3) is 0.174. The van der Waals surface area contributed by atoms with E-state index >= 15 is 0 Å². The minimum absolute atomic E-state index is 0.160. The van der Waals surface area contributed by atoms with E-state index in [-0.39, 0.29) is 5.91 Å². The van der Waals surface area contributed by atoms with Crippen molar-refractivity contribution in [3.63, 3.8) is 0 Å². The third kappa shape index (κ3) is 3.49. The molecule has 2 heterocycles. The summed E-state index contributed by atoms with van der Waals surface area (Å²) in [4.78, 5) is 13.0. The Kier molecular flexibility index (Phi) is 4.84. The van der Waals surface area contributed by atoms with E-state index in [1.165, 1.54) is 10.6 Å². The van der Waals surface area contributed by atoms with Crippen molar-refractivity contribution in [3.05, 3.63) is 81.6 Å². The number of hydrogen-bond acceptors (Lipinski definition) is 3. The third-order valence-corrected chi connectivity index (χ3v) is 5.30. The number of halogens is 1. The Morgan fingerprint density at radius 1 is 0.897 bits per heavy atom. The Bertz CT molecular complexity index is 1150. The van der Waals surface area contributed by atoms with Crippen molar-refractivity contribution in [2.45, 2.75) is 27.7 Å². The van der Waals surface area contributed by atoms with Gasteiger partial charge in [-0.05, 0) is 70.2 Å². The summed E-state index contributed by atoms with van der Waals surface area (Å²) < 4.78 is 1.91. The lowest BCUT2D eigenvalue weighted by Gasteiger charge is -2.11. The van der Waals surface area contributed by atoms with E-state index in [9.17, 15) is 4.79 Å². The molecule has 1 aliphatic heterocycles. The first kappa shape index (κ1) is 19.2. The Morgan fingerprint density at radius 2 is 1.52 bits per heavy atom. The van der Waals surface area contributed by atoms with Gasteiger partial charge in [-0.1, -0.05) is 29.3 Å². The smallest absolute Gasteiger partial charge is 0.267 e. The maximum atomic E-state index is 13.0. The molecule has 5 nitrogen and oxygen atoms in total. The van der Waals surface area contributed by atoms with Crippen molar-refractivity contribution in [2.75, 3.05) is 5.01 Å². The van der Waals surface area contributed by atoms with Gasteiger partial charge in [-0.25, -0.2) is 4.68 Å². The van der Waals surface area contributed by atoms with Gasteiger partial charge in [0, 0.05) is 16.3 Å². The lowest BCUT2D eigenvalue weighted by Crippen LogP contribution is -2.21. The fourth-order valence-electron chi connectivity index (χ4n) is 3.39. The lowest BCUT2D eigenvalue weighted by atomic mass is 10.1. The van der Waals surface area contributed by atoms with Crippen molar-refractivity contribution in [1.29, 1.82) is 0 Å². The van der Waals surface area contributed by atoms with E-state index in [4.69, 9.17) is 11.6 Å².